The fourth-order valence-electron chi connectivity index (χ4n) is 3.08. The summed E-state index contributed by atoms with van der Waals surface area (Å²) in [7, 11) is 0. The van der Waals surface area contributed by atoms with Gasteiger partial charge >= 0.3 is 0 Å². The van der Waals surface area contributed by atoms with Crippen molar-refractivity contribution in [3.8, 4) is 0 Å². The van der Waals surface area contributed by atoms with Crippen LogP contribution >= 0.6 is 22.9 Å². The maximum atomic E-state index is 13.3. The van der Waals surface area contributed by atoms with Crippen LogP contribution in [0, 0.1) is 5.82 Å². The van der Waals surface area contributed by atoms with E-state index in [2.05, 4.69) is 15.2 Å². The number of carbonyl (C=O) groups is 1. The van der Waals surface area contributed by atoms with Gasteiger partial charge in [-0.3, -0.25) is 9.69 Å². The lowest BCUT2D eigenvalue weighted by molar-refractivity contribution is 0.0946. The normalized spacial score (nSPS) is 13.6. The van der Waals surface area contributed by atoms with Gasteiger partial charge in [0, 0.05) is 29.5 Å². The molecule has 1 saturated carbocycles. The summed E-state index contributed by atoms with van der Waals surface area (Å²) in [4.78, 5) is 18.9. The lowest BCUT2D eigenvalue weighted by Crippen LogP contribution is -2.26. The summed E-state index contributed by atoms with van der Waals surface area (Å²) in [6.45, 7) is 1.89. The summed E-state index contributed by atoms with van der Waals surface area (Å²) in [5.74, 6) is -0.351. The van der Waals surface area contributed by atoms with E-state index in [0.717, 1.165) is 29.0 Å². The average Bonchev–Trinajstić information content (AvgIpc) is 3.38. The fourth-order valence-corrected chi connectivity index (χ4v) is 4.10. The summed E-state index contributed by atoms with van der Waals surface area (Å²) in [5, 5.41) is 6.34. The minimum atomic E-state index is -0.249. The van der Waals surface area contributed by atoms with Gasteiger partial charge in [-0.15, -0.1) is 11.3 Å². The number of nitrogens with zero attached hydrogens (tertiary/aromatic N) is 2. The van der Waals surface area contributed by atoms with E-state index in [9.17, 15) is 9.18 Å². The SMILES string of the molecule is O=C(NC1CC1)c1csc(CN(Cc2ccc(F)cc2)Cc2cccc(Cl)c2)n1. The largest absolute Gasteiger partial charge is 0.348 e. The van der Waals surface area contributed by atoms with E-state index in [1.807, 2.05) is 29.6 Å². The summed E-state index contributed by atoms with van der Waals surface area (Å²) < 4.78 is 13.3. The Morgan fingerprint density at radius 3 is 2.62 bits per heavy atom. The van der Waals surface area contributed by atoms with Crippen molar-refractivity contribution in [1.82, 2.24) is 15.2 Å². The first-order chi connectivity index (χ1) is 14.0. The molecule has 0 atom stereocenters. The first-order valence-electron chi connectivity index (χ1n) is 9.52. The quantitative estimate of drug-likeness (QED) is 0.546. The standard InChI is InChI=1S/C22H21ClFN3OS/c23-17-3-1-2-16(10-17)12-27(11-15-4-6-18(24)7-5-15)13-21-26-20(14-29-21)22(28)25-19-8-9-19/h1-7,10,14,19H,8-9,11-13H2,(H,25,28). The van der Waals surface area contributed by atoms with E-state index < -0.39 is 0 Å². The Morgan fingerprint density at radius 1 is 1.14 bits per heavy atom. The topological polar surface area (TPSA) is 45.2 Å². The Hall–Kier alpha value is -2.28. The van der Waals surface area contributed by atoms with Gasteiger partial charge in [0.05, 0.1) is 6.54 Å². The van der Waals surface area contributed by atoms with Gasteiger partial charge < -0.3 is 5.32 Å². The van der Waals surface area contributed by atoms with Gasteiger partial charge in [-0.25, -0.2) is 9.37 Å². The van der Waals surface area contributed by atoms with Gasteiger partial charge in [-0.05, 0) is 48.2 Å². The number of thiazole rings is 1. The van der Waals surface area contributed by atoms with Crippen LogP contribution in [0.15, 0.2) is 53.9 Å². The third-order valence-corrected chi connectivity index (χ3v) is 5.74. The molecule has 1 heterocycles. The molecule has 1 amide bonds. The van der Waals surface area contributed by atoms with Crippen molar-refractivity contribution in [2.24, 2.45) is 0 Å². The fraction of sp³-hybridized carbons (Fsp3) is 0.273. The van der Waals surface area contributed by atoms with Gasteiger partial charge in [0.15, 0.2) is 0 Å². The maximum absolute atomic E-state index is 13.3. The van der Waals surface area contributed by atoms with Gasteiger partial charge in [0.25, 0.3) is 5.91 Å². The zero-order valence-electron chi connectivity index (χ0n) is 15.8. The Labute approximate surface area is 178 Å². The third-order valence-electron chi connectivity index (χ3n) is 4.67. The maximum Gasteiger partial charge on any atom is 0.270 e. The van der Waals surface area contributed by atoms with Crippen LogP contribution in [0.1, 0.15) is 39.5 Å². The molecule has 0 radical (unpaired) electrons. The van der Waals surface area contributed by atoms with Crippen molar-refractivity contribution in [2.75, 3.05) is 0 Å². The molecule has 4 rings (SSSR count). The van der Waals surface area contributed by atoms with Crippen molar-refractivity contribution in [3.05, 3.63) is 86.6 Å². The smallest absolute Gasteiger partial charge is 0.270 e. The lowest BCUT2D eigenvalue weighted by Gasteiger charge is -2.21. The first kappa shape index (κ1) is 20.0. The van der Waals surface area contributed by atoms with Crippen LogP contribution in [0.5, 0.6) is 0 Å². The number of aromatic nitrogens is 1. The molecule has 1 aromatic heterocycles. The summed E-state index contributed by atoms with van der Waals surface area (Å²) in [6.07, 6.45) is 2.10. The van der Waals surface area contributed by atoms with Gasteiger partial charge in [-0.1, -0.05) is 35.9 Å². The second-order valence-corrected chi connectivity index (χ2v) is 8.65. The molecule has 0 saturated heterocycles. The molecule has 150 valence electrons. The molecule has 0 unspecified atom stereocenters. The molecule has 0 bridgehead atoms. The number of halogens is 2. The molecular formula is C22H21ClFN3OS. The van der Waals surface area contributed by atoms with Crippen LogP contribution in [0.4, 0.5) is 4.39 Å². The first-order valence-corrected chi connectivity index (χ1v) is 10.8. The van der Waals surface area contributed by atoms with Gasteiger partial charge in [0.1, 0.15) is 16.5 Å². The molecule has 29 heavy (non-hydrogen) atoms. The van der Waals surface area contributed by atoms with Gasteiger partial charge in [0.2, 0.25) is 0 Å². The van der Waals surface area contributed by atoms with Crippen LogP contribution in [-0.2, 0) is 19.6 Å². The zero-order valence-corrected chi connectivity index (χ0v) is 17.3. The van der Waals surface area contributed by atoms with Crippen LogP contribution in [0.3, 0.4) is 0 Å². The molecule has 1 aliphatic rings. The summed E-state index contributed by atoms with van der Waals surface area (Å²) in [6, 6.07) is 14.6. The van der Waals surface area contributed by atoms with E-state index in [-0.39, 0.29) is 11.7 Å². The second kappa shape index (κ2) is 9.03. The minimum Gasteiger partial charge on any atom is -0.348 e. The van der Waals surface area contributed by atoms with Crippen molar-refractivity contribution in [2.45, 2.75) is 38.5 Å². The monoisotopic (exact) mass is 429 g/mol. The molecule has 2 aromatic carbocycles. The summed E-state index contributed by atoms with van der Waals surface area (Å²) in [5.41, 5.74) is 2.57. The van der Waals surface area contributed by atoms with Crippen LogP contribution in [-0.4, -0.2) is 21.8 Å². The van der Waals surface area contributed by atoms with Crippen molar-refractivity contribution < 1.29 is 9.18 Å². The Kier molecular flexibility index (Phi) is 6.23. The Morgan fingerprint density at radius 2 is 1.90 bits per heavy atom. The highest BCUT2D eigenvalue weighted by Crippen LogP contribution is 2.21. The van der Waals surface area contributed by atoms with Crippen LogP contribution in [0.2, 0.25) is 5.02 Å². The number of hydrogen-bond acceptors (Lipinski definition) is 4. The van der Waals surface area contributed by atoms with Crippen LogP contribution in [0.25, 0.3) is 0 Å². The highest BCUT2D eigenvalue weighted by molar-refractivity contribution is 7.09. The molecule has 1 aliphatic carbocycles. The lowest BCUT2D eigenvalue weighted by atomic mass is 10.1. The average molecular weight is 430 g/mol. The molecule has 3 aromatic rings. The molecule has 1 N–H and O–H groups in total. The minimum absolute atomic E-state index is 0.102. The highest BCUT2D eigenvalue weighted by Gasteiger charge is 2.25. The molecule has 0 spiro atoms. The van der Waals surface area contributed by atoms with E-state index in [4.69, 9.17) is 11.6 Å². The molecule has 7 heteroatoms. The molecular weight excluding hydrogens is 409 g/mol. The van der Waals surface area contributed by atoms with Crippen LogP contribution < -0.4 is 5.32 Å². The van der Waals surface area contributed by atoms with Crippen molar-refractivity contribution in [3.63, 3.8) is 0 Å². The number of rotatable bonds is 8. The number of carbonyl (C=O) groups excluding carboxylic acids is 1. The van der Waals surface area contributed by atoms with E-state index in [1.165, 1.54) is 23.5 Å². The number of hydrogen-bond donors (Lipinski definition) is 1. The van der Waals surface area contributed by atoms with E-state index >= 15 is 0 Å². The van der Waals surface area contributed by atoms with Crippen molar-refractivity contribution >= 4 is 28.8 Å². The number of amides is 1. The Balaban J connectivity index is 1.48. The molecule has 4 nitrogen and oxygen atoms in total. The van der Waals surface area contributed by atoms with E-state index in [0.29, 0.717) is 36.4 Å². The van der Waals surface area contributed by atoms with Crippen molar-refractivity contribution in [1.29, 1.82) is 0 Å². The zero-order chi connectivity index (χ0) is 20.2. The van der Waals surface area contributed by atoms with Gasteiger partial charge in [-0.2, -0.15) is 0 Å². The third kappa shape index (κ3) is 5.85. The predicted molar refractivity (Wildman–Crippen MR) is 113 cm³/mol. The Bertz CT molecular complexity index is 988. The number of benzene rings is 2. The summed E-state index contributed by atoms with van der Waals surface area (Å²) >= 11 is 7.62. The molecule has 0 aliphatic heterocycles. The predicted octanol–water partition coefficient (Wildman–Crippen LogP) is 5.03. The second-order valence-electron chi connectivity index (χ2n) is 7.28. The number of nitrogens with one attached hydrogen (secondary N) is 1. The highest BCUT2D eigenvalue weighted by atomic mass is 35.5. The van der Waals surface area contributed by atoms with E-state index in [1.54, 1.807) is 12.1 Å². The molecule has 1 fully saturated rings.